The summed E-state index contributed by atoms with van der Waals surface area (Å²) in [6.45, 7) is 2.51. The number of carbonyl (C=O) groups is 10. The summed E-state index contributed by atoms with van der Waals surface area (Å²) < 4.78 is 34.5. The number of esters is 2. The summed E-state index contributed by atoms with van der Waals surface area (Å²) in [5.74, 6) is -9.82. The summed E-state index contributed by atoms with van der Waals surface area (Å²) in [5, 5.41) is 29.7. The van der Waals surface area contributed by atoms with Gasteiger partial charge in [0.05, 0.1) is 31.1 Å². The van der Waals surface area contributed by atoms with Gasteiger partial charge in [-0.2, -0.15) is 0 Å². The van der Waals surface area contributed by atoms with Gasteiger partial charge in [0.25, 0.3) is 0 Å². The van der Waals surface area contributed by atoms with Crippen molar-refractivity contribution in [3.05, 3.63) is 0 Å². The molecule has 0 aromatic rings. The van der Waals surface area contributed by atoms with Crippen LogP contribution in [0.5, 0.6) is 0 Å². The predicted octanol–water partition coefficient (Wildman–Crippen LogP) is 4.58. The standard InChI is InChI=1S/C68H122N9O18PS.Na/c1-3-5-7-9-11-13-15-17-19-21-23-25-27-29-31-35-61(82)92-48-53(95-62(83)36-32-30-28-26-24-22-20-18-16-14-12-10-8-6-4-2)49-94-96(90,91)93-43-42-72-63(84)52-39-37-51(38-40-52)47-77-59(79)45-57(66(77)87)97-50-56(67(88)89)76-65(86)55(44-60(80)81)75-58(78)46-74-64(85)54(69)34-33-41-73-68(70)71;/h51-57H,3-50,69H2,1-2H3,(H,72,84)(H,74,85)(H,75,78)(H,76,86)(H,80,81)(H,88,89)(H,90,91)(H4,70,71,73);/q;+1/p-1/t51?,52?,53-,54+,55+,56+,57?;/m1./s1. The summed E-state index contributed by atoms with van der Waals surface area (Å²) in [6.07, 6.45) is 35.7. The normalized spacial score (nSPS) is 17.1. The average Bonchev–Trinajstić information content (AvgIpc) is 1.67. The quantitative estimate of drug-likeness (QED) is 0.00765. The molecule has 27 nitrogen and oxygen atoms in total. The number of nitrogens with one attached hydrogen (secondary N) is 4. The third-order valence-electron chi connectivity index (χ3n) is 17.5. The zero-order chi connectivity index (χ0) is 71.5. The molecule has 1 saturated heterocycles. The maximum atomic E-state index is 13.5. The molecule has 30 heteroatoms. The van der Waals surface area contributed by atoms with E-state index < -0.39 is 129 Å². The number of nitrogens with zero attached hydrogens (tertiary/aromatic N) is 2. The Morgan fingerprint density at radius 2 is 1.16 bits per heavy atom. The minimum atomic E-state index is -4.75. The number of imide groups is 1. The first-order valence-corrected chi connectivity index (χ1v) is 38.9. The van der Waals surface area contributed by atoms with Gasteiger partial charge in [0, 0.05) is 63.0 Å². The molecular formula is C68H121N9NaO18PS. The van der Waals surface area contributed by atoms with Crippen molar-refractivity contribution in [1.29, 1.82) is 0 Å². The number of aliphatic carboxylic acids is 2. The van der Waals surface area contributed by atoms with Crippen molar-refractivity contribution in [2.24, 2.45) is 34.0 Å². The van der Waals surface area contributed by atoms with Gasteiger partial charge < -0.3 is 67.8 Å². The Kier molecular flexibility index (Phi) is 53.4. The van der Waals surface area contributed by atoms with Crippen LogP contribution in [0.1, 0.15) is 271 Å². The van der Waals surface area contributed by atoms with Crippen LogP contribution >= 0.6 is 19.6 Å². The largest absolute Gasteiger partial charge is 1.00 e. The van der Waals surface area contributed by atoms with E-state index in [1.165, 1.54) is 135 Å². The third-order valence-corrected chi connectivity index (χ3v) is 19.7. The second kappa shape index (κ2) is 57.1. The van der Waals surface area contributed by atoms with Crippen molar-refractivity contribution in [3.8, 4) is 0 Å². The van der Waals surface area contributed by atoms with Crippen molar-refractivity contribution >= 4 is 84.9 Å². The Bertz CT molecular complexity index is 2390. The molecule has 0 bridgehead atoms. The first-order chi connectivity index (χ1) is 46.5. The molecule has 0 aromatic carbocycles. The van der Waals surface area contributed by atoms with Crippen LogP contribution in [0.2, 0.25) is 0 Å². The Hall–Kier alpha value is -4.41. The van der Waals surface area contributed by atoms with Gasteiger partial charge >= 0.3 is 55.3 Å². The number of hydrogen-bond acceptors (Lipinski definition) is 19. The van der Waals surface area contributed by atoms with Gasteiger partial charge in [-0.1, -0.05) is 194 Å². The topological polar surface area (TPSA) is 430 Å². The number of amides is 6. The molecule has 2 rings (SSSR count). The number of rotatable bonds is 61. The van der Waals surface area contributed by atoms with Gasteiger partial charge in [-0.05, 0) is 57.3 Å². The fraction of sp³-hybridized carbons (Fsp3) is 0.838. The van der Waals surface area contributed by atoms with Crippen LogP contribution in [-0.2, 0) is 71.0 Å². The van der Waals surface area contributed by atoms with Gasteiger partial charge in [-0.25, -0.2) is 9.36 Å². The molecule has 0 radical (unpaired) electrons. The van der Waals surface area contributed by atoms with Crippen molar-refractivity contribution in [3.63, 3.8) is 0 Å². The molecule has 6 atom stereocenters. The number of unbranched alkanes of at least 4 members (excludes halogenated alkanes) is 28. The van der Waals surface area contributed by atoms with Crippen molar-refractivity contribution in [2.45, 2.75) is 300 Å². The molecule has 0 spiro atoms. The van der Waals surface area contributed by atoms with Gasteiger partial charge in [0.1, 0.15) is 18.7 Å². The second-order valence-electron chi connectivity index (χ2n) is 26.0. The van der Waals surface area contributed by atoms with Gasteiger partial charge in [0.15, 0.2) is 12.1 Å². The predicted molar refractivity (Wildman–Crippen MR) is 370 cm³/mol. The maximum absolute atomic E-state index is 13.5. The van der Waals surface area contributed by atoms with E-state index in [0.717, 1.165) is 61.6 Å². The fourth-order valence-electron chi connectivity index (χ4n) is 11.7. The number of aliphatic imine (C=N–C) groups is 1. The molecule has 2 aliphatic rings. The Morgan fingerprint density at radius 1 is 0.663 bits per heavy atom. The molecule has 6 amide bonds. The van der Waals surface area contributed by atoms with E-state index in [-0.39, 0.29) is 99.3 Å². The fourth-order valence-corrected chi connectivity index (χ4v) is 13.6. The monoisotopic (exact) mass is 1440 g/mol. The van der Waals surface area contributed by atoms with E-state index >= 15 is 0 Å². The van der Waals surface area contributed by atoms with Gasteiger partial charge in [0.2, 0.25) is 35.4 Å². The molecule has 98 heavy (non-hydrogen) atoms. The summed E-state index contributed by atoms with van der Waals surface area (Å²) in [6, 6.07) is -4.57. The van der Waals surface area contributed by atoms with Crippen molar-refractivity contribution < 1.29 is 116 Å². The number of hydrogen-bond donors (Lipinski definition) is 9. The SMILES string of the molecule is CCCCCCCCCCCCCCCCCC(=O)OC[C@H](COP(=O)(O)OCCNC(=O)C1CCC(CN2C(=O)CC(SC[C@H](NC(=O)[C@H](CC(=O)[O-])NC(=O)CNC(=O)[C@@H](N)CCCN=C(N)N)C(=O)O)C2=O)CC1)OC(=O)CCCCCCCCCCCCCCCCC.[Na+]. The number of likely N-dealkylation sites (tertiary alicyclic amines) is 1. The van der Waals surface area contributed by atoms with E-state index in [9.17, 15) is 67.6 Å². The Morgan fingerprint density at radius 3 is 1.65 bits per heavy atom. The van der Waals surface area contributed by atoms with E-state index in [1.807, 2.05) is 0 Å². The number of ether oxygens (including phenoxy) is 2. The molecule has 558 valence electrons. The van der Waals surface area contributed by atoms with Crippen LogP contribution in [0.4, 0.5) is 0 Å². The molecule has 1 saturated carbocycles. The van der Waals surface area contributed by atoms with Crippen LogP contribution in [0.15, 0.2) is 4.99 Å². The van der Waals surface area contributed by atoms with E-state index in [2.05, 4.69) is 40.1 Å². The van der Waals surface area contributed by atoms with Crippen molar-refractivity contribution in [1.82, 2.24) is 26.2 Å². The summed E-state index contributed by atoms with van der Waals surface area (Å²) in [4.78, 5) is 143. The average molecular weight is 1440 g/mol. The van der Waals surface area contributed by atoms with Crippen LogP contribution in [0.25, 0.3) is 0 Å². The minimum absolute atomic E-state index is 0. The van der Waals surface area contributed by atoms with Gasteiger partial charge in [-0.3, -0.25) is 57.3 Å². The van der Waals surface area contributed by atoms with Crippen LogP contribution in [0, 0.1) is 11.8 Å². The minimum Gasteiger partial charge on any atom is -0.550 e. The molecular weight excluding hydrogens is 1320 g/mol. The number of carboxylic acid groups (broad SMARTS) is 2. The molecule has 2 fully saturated rings. The van der Waals surface area contributed by atoms with E-state index in [0.29, 0.717) is 44.9 Å². The number of carbonyl (C=O) groups excluding carboxylic acids is 9. The molecule has 2 unspecified atom stereocenters. The number of phosphoric ester groups is 1. The Labute approximate surface area is 609 Å². The smallest absolute Gasteiger partial charge is 0.550 e. The maximum Gasteiger partial charge on any atom is 1.00 e. The van der Waals surface area contributed by atoms with Crippen LogP contribution < -0.4 is 73.1 Å². The van der Waals surface area contributed by atoms with Crippen LogP contribution in [0.3, 0.4) is 0 Å². The number of thioether (sulfide) groups is 1. The molecule has 0 aromatic heterocycles. The van der Waals surface area contributed by atoms with Crippen LogP contribution in [-0.4, -0.2) is 161 Å². The number of phosphoric acid groups is 1. The number of carboxylic acids is 2. The third kappa shape index (κ3) is 46.2. The van der Waals surface area contributed by atoms with Gasteiger partial charge in [-0.15, -0.1) is 11.8 Å². The first-order valence-electron chi connectivity index (χ1n) is 36.4. The zero-order valence-electron chi connectivity index (χ0n) is 59.4. The number of guanidine groups is 1. The molecule has 1 heterocycles. The second-order valence-corrected chi connectivity index (χ2v) is 28.7. The molecule has 1 aliphatic carbocycles. The zero-order valence-corrected chi connectivity index (χ0v) is 63.1. The summed E-state index contributed by atoms with van der Waals surface area (Å²) in [7, 11) is -4.75. The summed E-state index contributed by atoms with van der Waals surface area (Å²) in [5.41, 5.74) is 16.4. The molecule has 1 aliphatic heterocycles. The van der Waals surface area contributed by atoms with E-state index in [1.54, 1.807) is 0 Å². The van der Waals surface area contributed by atoms with E-state index in [4.69, 9.17) is 35.7 Å². The summed E-state index contributed by atoms with van der Waals surface area (Å²) >= 11 is 0.799. The molecule has 12 N–H and O–H groups in total. The van der Waals surface area contributed by atoms with Crippen molar-refractivity contribution in [2.75, 3.05) is 51.8 Å². The Balaban J connectivity index is 0.0000480. The first kappa shape index (κ1) is 91.6. The number of nitrogens with two attached hydrogens (primary N) is 3.